The van der Waals surface area contributed by atoms with Crippen LogP contribution in [0.4, 0.5) is 0 Å². The maximum absolute atomic E-state index is 6.37. The van der Waals surface area contributed by atoms with Gasteiger partial charge in [-0.15, -0.1) is 0 Å². The number of pyridine rings is 1. The summed E-state index contributed by atoms with van der Waals surface area (Å²) in [5.41, 5.74) is 9.42. The highest BCUT2D eigenvalue weighted by Crippen LogP contribution is 2.27. The van der Waals surface area contributed by atoms with Crippen molar-refractivity contribution < 1.29 is 0 Å². The highest BCUT2D eigenvalue weighted by atomic mass is 35.5. The number of halogens is 2. The van der Waals surface area contributed by atoms with E-state index in [0.29, 0.717) is 16.5 Å². The van der Waals surface area contributed by atoms with Crippen molar-refractivity contribution in [2.45, 2.75) is 12.5 Å². The monoisotopic (exact) mass is 316 g/mol. The second-order valence-electron chi connectivity index (χ2n) is 4.98. The number of nitrogens with two attached hydrogens (primary N) is 1. The summed E-state index contributed by atoms with van der Waals surface area (Å²) in [4.78, 5) is 4.45. The Bertz CT molecular complexity index is 781. The number of rotatable bonds is 3. The zero-order valence-corrected chi connectivity index (χ0v) is 12.8. The predicted octanol–water partition coefficient (Wildman–Crippen LogP) is 4.78. The quantitative estimate of drug-likeness (QED) is 0.755. The Balaban J connectivity index is 1.93. The van der Waals surface area contributed by atoms with Crippen LogP contribution in [0.3, 0.4) is 0 Å². The standard InChI is InChI=1S/C17H14Cl2N2/c18-14-7-6-11(9-15(14)19)10-16(20)13-5-1-3-12-4-2-8-21-17(12)13/h1-9,16H,10,20H2. The Labute approximate surface area is 133 Å². The summed E-state index contributed by atoms with van der Waals surface area (Å²) in [5.74, 6) is 0. The molecule has 0 aliphatic rings. The molecule has 4 heteroatoms. The third-order valence-electron chi connectivity index (χ3n) is 3.50. The van der Waals surface area contributed by atoms with Crippen LogP contribution in [0.1, 0.15) is 17.2 Å². The van der Waals surface area contributed by atoms with Crippen LogP contribution in [0, 0.1) is 0 Å². The Morgan fingerprint density at radius 2 is 1.81 bits per heavy atom. The number of hydrogen-bond donors (Lipinski definition) is 1. The summed E-state index contributed by atoms with van der Waals surface area (Å²) in [6, 6.07) is 15.5. The molecule has 0 bridgehead atoms. The van der Waals surface area contributed by atoms with Gasteiger partial charge in [0, 0.05) is 17.6 Å². The predicted molar refractivity (Wildman–Crippen MR) is 88.8 cm³/mol. The van der Waals surface area contributed by atoms with Gasteiger partial charge in [0.25, 0.3) is 0 Å². The first kappa shape index (κ1) is 14.3. The molecular formula is C17H14Cl2N2. The van der Waals surface area contributed by atoms with E-state index in [-0.39, 0.29) is 6.04 Å². The number of benzene rings is 2. The van der Waals surface area contributed by atoms with Crippen molar-refractivity contribution in [1.29, 1.82) is 0 Å². The van der Waals surface area contributed by atoms with Gasteiger partial charge < -0.3 is 5.73 Å². The van der Waals surface area contributed by atoms with Crippen molar-refractivity contribution in [1.82, 2.24) is 4.98 Å². The molecule has 0 spiro atoms. The molecule has 1 heterocycles. The van der Waals surface area contributed by atoms with Crippen molar-refractivity contribution >= 4 is 34.1 Å². The van der Waals surface area contributed by atoms with Gasteiger partial charge in [0.2, 0.25) is 0 Å². The van der Waals surface area contributed by atoms with Gasteiger partial charge in [-0.05, 0) is 35.7 Å². The number of para-hydroxylation sites is 1. The largest absolute Gasteiger partial charge is 0.324 e. The van der Waals surface area contributed by atoms with Gasteiger partial charge in [-0.25, -0.2) is 0 Å². The van der Waals surface area contributed by atoms with Gasteiger partial charge in [-0.3, -0.25) is 4.98 Å². The molecular weight excluding hydrogens is 303 g/mol. The van der Waals surface area contributed by atoms with Crippen molar-refractivity contribution in [2.24, 2.45) is 5.73 Å². The Kier molecular flexibility index (Phi) is 4.11. The van der Waals surface area contributed by atoms with Gasteiger partial charge in [-0.1, -0.05) is 53.5 Å². The van der Waals surface area contributed by atoms with Crippen LogP contribution in [0.2, 0.25) is 10.0 Å². The smallest absolute Gasteiger partial charge is 0.0749 e. The molecule has 21 heavy (non-hydrogen) atoms. The summed E-state index contributed by atoms with van der Waals surface area (Å²) in [6.45, 7) is 0. The fraction of sp³-hybridized carbons (Fsp3) is 0.118. The van der Waals surface area contributed by atoms with E-state index in [9.17, 15) is 0 Å². The van der Waals surface area contributed by atoms with Crippen LogP contribution in [0.25, 0.3) is 10.9 Å². The summed E-state index contributed by atoms with van der Waals surface area (Å²) >= 11 is 12.0. The molecule has 0 saturated carbocycles. The third kappa shape index (κ3) is 3.03. The van der Waals surface area contributed by atoms with E-state index in [4.69, 9.17) is 28.9 Å². The fourth-order valence-electron chi connectivity index (χ4n) is 2.46. The van der Waals surface area contributed by atoms with E-state index < -0.39 is 0 Å². The van der Waals surface area contributed by atoms with Crippen LogP contribution < -0.4 is 5.73 Å². The van der Waals surface area contributed by atoms with E-state index >= 15 is 0 Å². The van der Waals surface area contributed by atoms with Gasteiger partial charge in [0.15, 0.2) is 0 Å². The molecule has 0 aliphatic carbocycles. The zero-order valence-electron chi connectivity index (χ0n) is 11.3. The minimum Gasteiger partial charge on any atom is -0.324 e. The Morgan fingerprint density at radius 3 is 2.62 bits per heavy atom. The maximum atomic E-state index is 6.37. The summed E-state index contributed by atoms with van der Waals surface area (Å²) in [7, 11) is 0. The van der Waals surface area contributed by atoms with Crippen molar-refractivity contribution in [3.8, 4) is 0 Å². The first-order valence-corrected chi connectivity index (χ1v) is 7.44. The summed E-state index contributed by atoms with van der Waals surface area (Å²) in [6.07, 6.45) is 2.48. The molecule has 2 nitrogen and oxygen atoms in total. The molecule has 2 N–H and O–H groups in total. The van der Waals surface area contributed by atoms with Gasteiger partial charge in [-0.2, -0.15) is 0 Å². The zero-order chi connectivity index (χ0) is 14.8. The second kappa shape index (κ2) is 6.02. The average molecular weight is 317 g/mol. The van der Waals surface area contributed by atoms with Crippen LogP contribution in [-0.2, 0) is 6.42 Å². The molecule has 1 atom stereocenters. The Morgan fingerprint density at radius 1 is 1.00 bits per heavy atom. The molecule has 0 aliphatic heterocycles. The van der Waals surface area contributed by atoms with Gasteiger partial charge in [0.1, 0.15) is 0 Å². The fourth-order valence-corrected chi connectivity index (χ4v) is 2.78. The number of aromatic nitrogens is 1. The summed E-state index contributed by atoms with van der Waals surface area (Å²) < 4.78 is 0. The molecule has 0 fully saturated rings. The lowest BCUT2D eigenvalue weighted by Gasteiger charge is -2.14. The average Bonchev–Trinajstić information content (AvgIpc) is 2.50. The van der Waals surface area contributed by atoms with E-state index in [0.717, 1.165) is 22.0 Å². The van der Waals surface area contributed by atoms with Crippen LogP contribution in [0.5, 0.6) is 0 Å². The molecule has 2 aromatic carbocycles. The van der Waals surface area contributed by atoms with Gasteiger partial charge in [0.05, 0.1) is 15.6 Å². The van der Waals surface area contributed by atoms with Crippen molar-refractivity contribution in [3.63, 3.8) is 0 Å². The molecule has 1 unspecified atom stereocenters. The van der Waals surface area contributed by atoms with E-state index in [1.54, 1.807) is 12.3 Å². The van der Waals surface area contributed by atoms with Crippen molar-refractivity contribution in [2.75, 3.05) is 0 Å². The first-order valence-electron chi connectivity index (χ1n) is 6.68. The normalized spacial score (nSPS) is 12.5. The SMILES string of the molecule is NC(Cc1ccc(Cl)c(Cl)c1)c1cccc2cccnc12. The molecule has 106 valence electrons. The third-order valence-corrected chi connectivity index (χ3v) is 4.24. The molecule has 0 amide bonds. The van der Waals surface area contributed by atoms with Crippen LogP contribution in [-0.4, -0.2) is 4.98 Å². The van der Waals surface area contributed by atoms with Crippen LogP contribution >= 0.6 is 23.2 Å². The highest BCUT2D eigenvalue weighted by Gasteiger charge is 2.12. The summed E-state index contributed by atoms with van der Waals surface area (Å²) in [5, 5.41) is 2.21. The molecule has 1 aromatic heterocycles. The lowest BCUT2D eigenvalue weighted by atomic mass is 9.97. The molecule has 0 radical (unpaired) electrons. The Hall–Kier alpha value is -1.61. The number of hydrogen-bond acceptors (Lipinski definition) is 2. The molecule has 3 rings (SSSR count). The van der Waals surface area contributed by atoms with Gasteiger partial charge >= 0.3 is 0 Å². The molecule has 3 aromatic rings. The molecule has 0 saturated heterocycles. The lowest BCUT2D eigenvalue weighted by Crippen LogP contribution is -2.14. The minimum atomic E-state index is -0.138. The van der Waals surface area contributed by atoms with E-state index in [1.807, 2.05) is 42.5 Å². The lowest BCUT2D eigenvalue weighted by molar-refractivity contribution is 0.726. The minimum absolute atomic E-state index is 0.138. The van der Waals surface area contributed by atoms with E-state index in [1.165, 1.54) is 0 Å². The number of nitrogens with zero attached hydrogens (tertiary/aromatic N) is 1. The van der Waals surface area contributed by atoms with Crippen molar-refractivity contribution in [3.05, 3.63) is 75.9 Å². The topological polar surface area (TPSA) is 38.9 Å². The van der Waals surface area contributed by atoms with Crippen LogP contribution in [0.15, 0.2) is 54.7 Å². The highest BCUT2D eigenvalue weighted by molar-refractivity contribution is 6.42. The van der Waals surface area contributed by atoms with E-state index in [2.05, 4.69) is 4.98 Å². The second-order valence-corrected chi connectivity index (χ2v) is 5.80. The first-order chi connectivity index (χ1) is 10.1. The number of fused-ring (bicyclic) bond motifs is 1. The maximum Gasteiger partial charge on any atom is 0.0749 e.